The van der Waals surface area contributed by atoms with Gasteiger partial charge in [0.15, 0.2) is 6.61 Å². The summed E-state index contributed by atoms with van der Waals surface area (Å²) in [6.07, 6.45) is -0.00613. The molecule has 0 saturated carbocycles. The highest BCUT2D eigenvalue weighted by Crippen LogP contribution is 2.21. The van der Waals surface area contributed by atoms with Gasteiger partial charge >= 0.3 is 6.09 Å². The molecule has 2 fully saturated rings. The zero-order valence-electron chi connectivity index (χ0n) is 10.8. The number of imide groups is 1. The Kier molecular flexibility index (Phi) is 3.14. The Balaban J connectivity index is 1.69. The van der Waals surface area contributed by atoms with E-state index in [2.05, 4.69) is 0 Å². The van der Waals surface area contributed by atoms with E-state index in [1.54, 1.807) is 17.0 Å². The Morgan fingerprint density at radius 2 is 1.95 bits per heavy atom. The van der Waals surface area contributed by atoms with E-state index < -0.39 is 6.09 Å². The highest BCUT2D eigenvalue weighted by molar-refractivity contribution is 5.98. The number of amides is 3. The number of likely N-dealkylation sites (tertiary alicyclic amines) is 1. The number of rotatable bonds is 2. The molecule has 2 heterocycles. The first-order chi connectivity index (χ1) is 9.66. The molecule has 3 rings (SSSR count). The lowest BCUT2D eigenvalue weighted by Crippen LogP contribution is -2.42. The molecule has 0 bridgehead atoms. The third-order valence-electron chi connectivity index (χ3n) is 3.62. The molecule has 0 spiro atoms. The van der Waals surface area contributed by atoms with E-state index in [4.69, 9.17) is 4.74 Å². The van der Waals surface area contributed by atoms with E-state index in [-0.39, 0.29) is 24.5 Å². The maximum atomic E-state index is 12.3. The Morgan fingerprint density at radius 1 is 1.20 bits per heavy atom. The van der Waals surface area contributed by atoms with Crippen LogP contribution in [0.3, 0.4) is 0 Å². The number of hydrogen-bond donors (Lipinski definition) is 0. The molecule has 6 nitrogen and oxygen atoms in total. The highest BCUT2D eigenvalue weighted by atomic mass is 16.6. The molecule has 0 aliphatic carbocycles. The second-order valence-electron chi connectivity index (χ2n) is 4.88. The third kappa shape index (κ3) is 2.13. The number of benzene rings is 1. The van der Waals surface area contributed by atoms with Crippen LogP contribution in [0.5, 0.6) is 0 Å². The van der Waals surface area contributed by atoms with Gasteiger partial charge in [-0.25, -0.2) is 9.69 Å². The van der Waals surface area contributed by atoms with Crippen molar-refractivity contribution in [3.8, 4) is 0 Å². The summed E-state index contributed by atoms with van der Waals surface area (Å²) >= 11 is 0. The molecular formula is C14H14N2O4. The molecule has 1 aromatic carbocycles. The number of carbonyl (C=O) groups is 3. The zero-order valence-corrected chi connectivity index (χ0v) is 10.8. The van der Waals surface area contributed by atoms with Gasteiger partial charge in [-0.05, 0) is 18.6 Å². The highest BCUT2D eigenvalue weighted by Gasteiger charge is 2.41. The van der Waals surface area contributed by atoms with Crippen LogP contribution in [0.25, 0.3) is 0 Å². The molecule has 6 heteroatoms. The maximum absolute atomic E-state index is 12.3. The maximum Gasteiger partial charge on any atom is 0.417 e. The minimum absolute atomic E-state index is 0.0758. The quantitative estimate of drug-likeness (QED) is 0.803. The van der Waals surface area contributed by atoms with Gasteiger partial charge in [-0.15, -0.1) is 0 Å². The van der Waals surface area contributed by atoms with E-state index >= 15 is 0 Å². The van der Waals surface area contributed by atoms with Gasteiger partial charge in [-0.2, -0.15) is 0 Å². The molecule has 1 unspecified atom stereocenters. The number of ether oxygens (including phenoxy) is 1. The summed E-state index contributed by atoms with van der Waals surface area (Å²) in [5, 5.41) is 0. The van der Waals surface area contributed by atoms with Crippen LogP contribution in [-0.4, -0.2) is 53.4 Å². The van der Waals surface area contributed by atoms with Gasteiger partial charge in [0.2, 0.25) is 0 Å². The van der Waals surface area contributed by atoms with Gasteiger partial charge in [0.25, 0.3) is 11.8 Å². The molecule has 3 amide bonds. The Labute approximate surface area is 115 Å². The van der Waals surface area contributed by atoms with Crippen molar-refractivity contribution >= 4 is 17.9 Å². The van der Waals surface area contributed by atoms with E-state index in [0.717, 1.165) is 4.90 Å². The summed E-state index contributed by atoms with van der Waals surface area (Å²) in [6, 6.07) is 8.70. The smallest absolute Gasteiger partial charge is 0.417 e. The van der Waals surface area contributed by atoms with E-state index in [1.807, 2.05) is 18.2 Å². The van der Waals surface area contributed by atoms with Crippen molar-refractivity contribution in [1.82, 2.24) is 9.80 Å². The van der Waals surface area contributed by atoms with Gasteiger partial charge in [0.05, 0.1) is 6.04 Å². The predicted molar refractivity (Wildman–Crippen MR) is 68.9 cm³/mol. The number of nitrogens with zero attached hydrogens (tertiary/aromatic N) is 2. The zero-order chi connectivity index (χ0) is 14.1. The molecule has 0 aromatic heterocycles. The van der Waals surface area contributed by atoms with Crippen molar-refractivity contribution in [1.29, 1.82) is 0 Å². The first kappa shape index (κ1) is 12.7. The minimum Gasteiger partial charge on any atom is -0.439 e. The lowest BCUT2D eigenvalue weighted by atomic mass is 10.2. The van der Waals surface area contributed by atoms with Crippen LogP contribution in [-0.2, 0) is 9.53 Å². The van der Waals surface area contributed by atoms with Crippen molar-refractivity contribution in [2.75, 3.05) is 19.7 Å². The largest absolute Gasteiger partial charge is 0.439 e. The Bertz CT molecular complexity index is 542. The summed E-state index contributed by atoms with van der Waals surface area (Å²) in [5.74, 6) is -0.401. The first-order valence-corrected chi connectivity index (χ1v) is 6.50. The lowest BCUT2D eigenvalue weighted by Gasteiger charge is -2.20. The van der Waals surface area contributed by atoms with Crippen LogP contribution in [0.4, 0.5) is 4.79 Å². The third-order valence-corrected chi connectivity index (χ3v) is 3.62. The average molecular weight is 274 g/mol. The normalized spacial score (nSPS) is 22.3. The fourth-order valence-corrected chi connectivity index (χ4v) is 2.62. The molecule has 0 N–H and O–H groups in total. The van der Waals surface area contributed by atoms with Crippen molar-refractivity contribution in [3.05, 3.63) is 35.9 Å². The standard InChI is InChI=1S/C14H14N2O4/c17-12-9-20-14(19)16(12)11-6-7-15(8-11)13(18)10-4-2-1-3-5-10/h1-5,11H,6-9H2. The number of carbonyl (C=O) groups excluding carboxylic acids is 3. The van der Waals surface area contributed by atoms with Crippen molar-refractivity contribution in [3.63, 3.8) is 0 Å². The Morgan fingerprint density at radius 3 is 2.60 bits per heavy atom. The SMILES string of the molecule is O=C(c1ccccc1)N1CCC(N2C(=O)COC2=O)C1. The second kappa shape index (κ2) is 4.96. The molecule has 2 aliphatic rings. The van der Waals surface area contributed by atoms with Gasteiger partial charge in [-0.3, -0.25) is 9.59 Å². The van der Waals surface area contributed by atoms with Crippen molar-refractivity contribution in [2.45, 2.75) is 12.5 Å². The molecule has 20 heavy (non-hydrogen) atoms. The van der Waals surface area contributed by atoms with Crippen LogP contribution in [0, 0.1) is 0 Å². The van der Waals surface area contributed by atoms with Crippen LogP contribution in [0.1, 0.15) is 16.8 Å². The summed E-state index contributed by atoms with van der Waals surface area (Å²) in [5.41, 5.74) is 0.614. The van der Waals surface area contributed by atoms with E-state index in [0.29, 0.717) is 25.1 Å². The van der Waals surface area contributed by atoms with Crippen LogP contribution in [0.15, 0.2) is 30.3 Å². The predicted octanol–water partition coefficient (Wildman–Crippen LogP) is 0.880. The van der Waals surface area contributed by atoms with Gasteiger partial charge in [0.1, 0.15) is 0 Å². The Hall–Kier alpha value is -2.37. The molecule has 2 aliphatic heterocycles. The summed E-state index contributed by atoms with van der Waals surface area (Å²) in [7, 11) is 0. The molecule has 1 aromatic rings. The topological polar surface area (TPSA) is 66.9 Å². The van der Waals surface area contributed by atoms with Gasteiger partial charge < -0.3 is 9.64 Å². The summed E-state index contributed by atoms with van der Waals surface area (Å²) < 4.78 is 4.70. The fourth-order valence-electron chi connectivity index (χ4n) is 2.62. The van der Waals surface area contributed by atoms with E-state index in [9.17, 15) is 14.4 Å². The second-order valence-corrected chi connectivity index (χ2v) is 4.88. The average Bonchev–Trinajstić information content (AvgIpc) is 3.06. The van der Waals surface area contributed by atoms with Crippen LogP contribution < -0.4 is 0 Å². The van der Waals surface area contributed by atoms with Crippen LogP contribution >= 0.6 is 0 Å². The molecule has 104 valence electrons. The number of hydrogen-bond acceptors (Lipinski definition) is 4. The lowest BCUT2D eigenvalue weighted by molar-refractivity contribution is -0.127. The number of cyclic esters (lactones) is 1. The monoisotopic (exact) mass is 274 g/mol. The van der Waals surface area contributed by atoms with Crippen molar-refractivity contribution in [2.24, 2.45) is 0 Å². The molecule has 0 radical (unpaired) electrons. The summed E-state index contributed by atoms with van der Waals surface area (Å²) in [6.45, 7) is 0.714. The minimum atomic E-state index is -0.603. The first-order valence-electron chi connectivity index (χ1n) is 6.50. The molecule has 1 atom stereocenters. The summed E-state index contributed by atoms with van der Waals surface area (Å²) in [4.78, 5) is 38.2. The molecule has 2 saturated heterocycles. The van der Waals surface area contributed by atoms with Crippen molar-refractivity contribution < 1.29 is 19.1 Å². The van der Waals surface area contributed by atoms with Gasteiger partial charge in [-0.1, -0.05) is 18.2 Å². The van der Waals surface area contributed by atoms with E-state index in [1.165, 1.54) is 0 Å². The molecular weight excluding hydrogens is 260 g/mol. The van der Waals surface area contributed by atoms with Gasteiger partial charge in [0, 0.05) is 18.7 Å². The van der Waals surface area contributed by atoms with Crippen LogP contribution in [0.2, 0.25) is 0 Å². The fraction of sp³-hybridized carbons (Fsp3) is 0.357.